The second-order valence-electron chi connectivity index (χ2n) is 8.76. The van der Waals surface area contributed by atoms with Crippen molar-refractivity contribution in [2.75, 3.05) is 31.1 Å². The molecule has 1 saturated heterocycles. The van der Waals surface area contributed by atoms with Gasteiger partial charge in [-0.25, -0.2) is 19.0 Å². The van der Waals surface area contributed by atoms with Crippen molar-refractivity contribution < 1.29 is 18.8 Å². The van der Waals surface area contributed by atoms with Crippen LogP contribution in [0.5, 0.6) is 0 Å². The maximum atomic E-state index is 14.8. The molecule has 1 N–H and O–H groups in total. The van der Waals surface area contributed by atoms with E-state index in [0.29, 0.717) is 30.2 Å². The van der Waals surface area contributed by atoms with Gasteiger partial charge in [-0.1, -0.05) is 11.3 Å². The lowest BCUT2D eigenvalue weighted by molar-refractivity contribution is -0.126. The number of carbonyl (C=O) groups excluding carboxylic acids is 3. The number of aromatic amines is 1. The third-order valence-electron chi connectivity index (χ3n) is 6.52. The van der Waals surface area contributed by atoms with E-state index in [2.05, 4.69) is 30.2 Å². The van der Waals surface area contributed by atoms with E-state index in [9.17, 15) is 18.8 Å². The molecular weight excluding hydrogens is 505 g/mol. The van der Waals surface area contributed by atoms with Crippen LogP contribution >= 0.6 is 0 Å². The maximum Gasteiger partial charge on any atom is 0.295 e. The summed E-state index contributed by atoms with van der Waals surface area (Å²) in [5.41, 5.74) is 0.839. The number of piperazine rings is 1. The molecule has 6 rings (SSSR count). The fourth-order valence-corrected chi connectivity index (χ4v) is 4.61. The monoisotopic (exact) mass is 525 g/mol. The van der Waals surface area contributed by atoms with Crippen LogP contribution in [0.25, 0.3) is 16.7 Å². The van der Waals surface area contributed by atoms with Crippen molar-refractivity contribution in [1.82, 2.24) is 39.8 Å². The molecular formula is C26H20FN9O3. The van der Waals surface area contributed by atoms with Crippen LogP contribution in [0.2, 0.25) is 0 Å². The third kappa shape index (κ3) is 4.29. The van der Waals surface area contributed by atoms with E-state index in [-0.39, 0.29) is 41.2 Å². The zero-order chi connectivity index (χ0) is 26.9. The van der Waals surface area contributed by atoms with E-state index in [4.69, 9.17) is 0 Å². The molecule has 0 atom stereocenters. The predicted molar refractivity (Wildman–Crippen MR) is 136 cm³/mol. The lowest BCUT2D eigenvalue weighted by Gasteiger charge is -2.35. The van der Waals surface area contributed by atoms with Gasteiger partial charge in [-0.05, 0) is 24.3 Å². The Balaban J connectivity index is 1.20. The first kappa shape index (κ1) is 24.0. The van der Waals surface area contributed by atoms with E-state index in [1.54, 1.807) is 42.7 Å². The zero-order valence-electron chi connectivity index (χ0n) is 20.4. The predicted octanol–water partition coefficient (Wildman–Crippen LogP) is 1.84. The van der Waals surface area contributed by atoms with Gasteiger partial charge >= 0.3 is 0 Å². The molecule has 0 spiro atoms. The highest BCUT2D eigenvalue weighted by molar-refractivity contribution is 6.45. The fraction of sp³-hybridized carbons (Fsp3) is 0.154. The first-order valence-corrected chi connectivity index (χ1v) is 12.0. The number of fused-ring (bicyclic) bond motifs is 1. The van der Waals surface area contributed by atoms with Gasteiger partial charge in [0.25, 0.3) is 11.7 Å². The summed E-state index contributed by atoms with van der Waals surface area (Å²) in [6.45, 7) is 1.13. The number of halogens is 1. The smallest absolute Gasteiger partial charge is 0.295 e. The molecule has 0 aromatic carbocycles. The Morgan fingerprint density at radius 2 is 1.69 bits per heavy atom. The number of carbonyl (C=O) groups is 3. The molecule has 1 fully saturated rings. The van der Waals surface area contributed by atoms with Crippen LogP contribution in [0.3, 0.4) is 0 Å². The minimum absolute atomic E-state index is 0.0429. The van der Waals surface area contributed by atoms with Gasteiger partial charge in [-0.3, -0.25) is 19.4 Å². The summed E-state index contributed by atoms with van der Waals surface area (Å²) >= 11 is 0. The number of hydrogen-bond donors (Lipinski definition) is 1. The Kier molecular flexibility index (Phi) is 6.07. The molecule has 39 heavy (non-hydrogen) atoms. The van der Waals surface area contributed by atoms with E-state index in [0.717, 1.165) is 6.20 Å². The van der Waals surface area contributed by atoms with E-state index in [1.165, 1.54) is 28.2 Å². The number of pyridine rings is 3. The second-order valence-corrected chi connectivity index (χ2v) is 8.76. The molecule has 0 aliphatic carbocycles. The van der Waals surface area contributed by atoms with E-state index >= 15 is 0 Å². The molecule has 5 aromatic rings. The van der Waals surface area contributed by atoms with Gasteiger partial charge in [0.1, 0.15) is 11.5 Å². The number of nitrogens with one attached hydrogen (secondary N) is 1. The number of ketones is 2. The molecule has 194 valence electrons. The Morgan fingerprint density at radius 3 is 2.44 bits per heavy atom. The zero-order valence-corrected chi connectivity index (χ0v) is 20.4. The Hall–Kier alpha value is -5.33. The SMILES string of the molecule is O=C(c1ccccn1)c1cccnc1N1CCN(C(=O)C(=O)c2c[nH]c3c(-n4ccnn4)ncc(F)c23)CC1. The Morgan fingerprint density at radius 1 is 0.872 bits per heavy atom. The van der Waals surface area contributed by atoms with Gasteiger partial charge in [0, 0.05) is 44.8 Å². The van der Waals surface area contributed by atoms with E-state index in [1.807, 2.05) is 4.90 Å². The van der Waals surface area contributed by atoms with Crippen LogP contribution in [0.4, 0.5) is 10.2 Å². The van der Waals surface area contributed by atoms with Crippen molar-refractivity contribution in [1.29, 1.82) is 0 Å². The number of rotatable bonds is 6. The molecule has 0 saturated carbocycles. The molecule has 5 aromatic heterocycles. The summed E-state index contributed by atoms with van der Waals surface area (Å²) in [5.74, 6) is -1.85. The average molecular weight is 526 g/mol. The van der Waals surface area contributed by atoms with Crippen molar-refractivity contribution >= 4 is 34.2 Å². The van der Waals surface area contributed by atoms with Gasteiger partial charge < -0.3 is 14.8 Å². The summed E-state index contributed by atoms with van der Waals surface area (Å²) < 4.78 is 16.1. The highest BCUT2D eigenvalue weighted by Crippen LogP contribution is 2.27. The van der Waals surface area contributed by atoms with Gasteiger partial charge in [-0.15, -0.1) is 5.10 Å². The fourth-order valence-electron chi connectivity index (χ4n) is 4.61. The Bertz CT molecular complexity index is 1690. The van der Waals surface area contributed by atoms with Crippen LogP contribution in [-0.4, -0.2) is 83.5 Å². The summed E-state index contributed by atoms with van der Waals surface area (Å²) in [7, 11) is 0. The number of hydrogen-bond acceptors (Lipinski definition) is 9. The lowest BCUT2D eigenvalue weighted by atomic mass is 10.1. The number of Topliss-reactive ketones (excluding diaryl/α,β-unsaturated/α-hetero) is 1. The molecule has 1 aliphatic heterocycles. The van der Waals surface area contributed by atoms with Gasteiger partial charge in [0.2, 0.25) is 5.78 Å². The van der Waals surface area contributed by atoms with Crippen LogP contribution in [-0.2, 0) is 4.79 Å². The average Bonchev–Trinajstić information content (AvgIpc) is 3.68. The van der Waals surface area contributed by atoms with Gasteiger partial charge in [0.15, 0.2) is 11.6 Å². The van der Waals surface area contributed by atoms with Crippen molar-refractivity contribution in [2.45, 2.75) is 0 Å². The first-order valence-electron chi connectivity index (χ1n) is 12.0. The lowest BCUT2D eigenvalue weighted by Crippen LogP contribution is -2.51. The third-order valence-corrected chi connectivity index (χ3v) is 6.52. The summed E-state index contributed by atoms with van der Waals surface area (Å²) in [4.78, 5) is 58.2. The standard InChI is InChI=1S/C26H20FN9O3/c27-18-15-31-25(36-9-8-32-33-36)21-20(18)17(14-30-21)23(38)26(39)35-12-10-34(11-13-35)24-16(4-3-7-29-24)22(37)19-5-1-2-6-28-19/h1-9,14-15,30H,10-13H2. The minimum Gasteiger partial charge on any atom is -0.357 e. The number of aromatic nitrogens is 7. The maximum absolute atomic E-state index is 14.8. The highest BCUT2D eigenvalue weighted by atomic mass is 19.1. The quantitative estimate of drug-likeness (QED) is 0.259. The normalized spacial score (nSPS) is 13.6. The number of anilines is 1. The van der Waals surface area contributed by atoms with Crippen molar-refractivity contribution in [3.63, 3.8) is 0 Å². The van der Waals surface area contributed by atoms with Crippen LogP contribution in [0.1, 0.15) is 26.4 Å². The molecule has 0 unspecified atom stereocenters. The van der Waals surface area contributed by atoms with Crippen molar-refractivity contribution in [3.05, 3.63) is 90.2 Å². The molecule has 6 heterocycles. The molecule has 13 heteroatoms. The van der Waals surface area contributed by atoms with E-state index < -0.39 is 17.5 Å². The first-order chi connectivity index (χ1) is 19.0. The van der Waals surface area contributed by atoms with Gasteiger partial charge in [-0.2, -0.15) is 0 Å². The molecule has 0 bridgehead atoms. The molecule has 1 amide bonds. The van der Waals surface area contributed by atoms with Crippen LogP contribution < -0.4 is 4.90 Å². The topological polar surface area (TPSA) is 143 Å². The number of nitrogens with zero attached hydrogens (tertiary/aromatic N) is 8. The van der Waals surface area contributed by atoms with Crippen molar-refractivity contribution in [2.24, 2.45) is 0 Å². The van der Waals surface area contributed by atoms with Crippen molar-refractivity contribution in [3.8, 4) is 5.82 Å². The molecule has 12 nitrogen and oxygen atoms in total. The van der Waals surface area contributed by atoms with Gasteiger partial charge in [0.05, 0.1) is 40.6 Å². The van der Waals surface area contributed by atoms with Crippen LogP contribution in [0, 0.1) is 5.82 Å². The molecule has 0 radical (unpaired) electrons. The summed E-state index contributed by atoms with van der Waals surface area (Å²) in [6.07, 6.45) is 8.40. The largest absolute Gasteiger partial charge is 0.357 e. The number of H-pyrrole nitrogens is 1. The second kappa shape index (κ2) is 9.85. The summed E-state index contributed by atoms with van der Waals surface area (Å²) in [6, 6.07) is 8.48. The minimum atomic E-state index is -0.840. The Labute approximate surface area is 220 Å². The number of amides is 1. The summed E-state index contributed by atoms with van der Waals surface area (Å²) in [5, 5.41) is 7.54. The molecule has 1 aliphatic rings. The van der Waals surface area contributed by atoms with Crippen LogP contribution in [0.15, 0.2) is 67.5 Å². The highest BCUT2D eigenvalue weighted by Gasteiger charge is 2.31.